The Bertz CT molecular complexity index is 759. The van der Waals surface area contributed by atoms with Crippen LogP contribution < -0.4 is 16.2 Å². The van der Waals surface area contributed by atoms with E-state index in [9.17, 15) is 0 Å². The molecule has 3 rings (SSSR count). The molecule has 0 aliphatic carbocycles. The van der Waals surface area contributed by atoms with Gasteiger partial charge in [-0.3, -0.25) is 0 Å². The minimum absolute atomic E-state index is 0.0515. The normalized spacial score (nSPS) is 12.2. The van der Waals surface area contributed by atoms with E-state index in [-0.39, 0.29) is 6.04 Å². The highest BCUT2D eigenvalue weighted by atomic mass is 16.5. The third kappa shape index (κ3) is 3.35. The lowest BCUT2D eigenvalue weighted by atomic mass is 10.1. The van der Waals surface area contributed by atoms with E-state index in [4.69, 9.17) is 16.2 Å². The van der Waals surface area contributed by atoms with Crippen LogP contribution in [-0.4, -0.2) is 17.6 Å². The molecule has 1 heterocycles. The molecule has 1 atom stereocenters. The van der Waals surface area contributed by atoms with Gasteiger partial charge in [0.25, 0.3) is 0 Å². The number of benzene rings is 2. The number of pyridine rings is 1. The van der Waals surface area contributed by atoms with E-state index in [1.54, 1.807) is 6.20 Å². The Morgan fingerprint density at radius 2 is 1.86 bits per heavy atom. The van der Waals surface area contributed by atoms with Crippen LogP contribution in [0.2, 0.25) is 0 Å². The van der Waals surface area contributed by atoms with Crippen LogP contribution in [0.4, 0.5) is 5.82 Å². The van der Waals surface area contributed by atoms with E-state index in [0.717, 1.165) is 22.9 Å². The molecular weight excluding hydrogens is 274 g/mol. The van der Waals surface area contributed by atoms with E-state index in [1.165, 1.54) is 5.56 Å². The molecule has 1 unspecified atom stereocenters. The van der Waals surface area contributed by atoms with Crippen molar-refractivity contribution in [2.75, 3.05) is 12.3 Å². The van der Waals surface area contributed by atoms with Crippen LogP contribution in [0.15, 0.2) is 60.8 Å². The fourth-order valence-electron chi connectivity index (χ4n) is 2.44. The molecule has 0 amide bonds. The Morgan fingerprint density at radius 1 is 1.05 bits per heavy atom. The van der Waals surface area contributed by atoms with Crippen LogP contribution >= 0.6 is 0 Å². The zero-order valence-electron chi connectivity index (χ0n) is 12.3. The summed E-state index contributed by atoms with van der Waals surface area (Å²) in [7, 11) is 0. The molecule has 0 spiro atoms. The molecule has 2 aromatic carbocycles. The SMILES string of the molecule is Nc1nccc2ccc(OCC(N)Cc3ccccc3)cc12. The van der Waals surface area contributed by atoms with Crippen LogP contribution in [0.5, 0.6) is 5.75 Å². The number of hydrogen-bond acceptors (Lipinski definition) is 4. The first-order chi connectivity index (χ1) is 10.7. The van der Waals surface area contributed by atoms with E-state index < -0.39 is 0 Å². The zero-order chi connectivity index (χ0) is 15.4. The Morgan fingerprint density at radius 3 is 2.68 bits per heavy atom. The average Bonchev–Trinajstić information content (AvgIpc) is 2.54. The largest absolute Gasteiger partial charge is 0.492 e. The van der Waals surface area contributed by atoms with Crippen molar-refractivity contribution in [3.63, 3.8) is 0 Å². The average molecular weight is 293 g/mol. The summed E-state index contributed by atoms with van der Waals surface area (Å²) in [6, 6.07) is 17.9. The fourth-order valence-corrected chi connectivity index (χ4v) is 2.44. The predicted octanol–water partition coefficient (Wildman–Crippen LogP) is 2.77. The van der Waals surface area contributed by atoms with E-state index >= 15 is 0 Å². The lowest BCUT2D eigenvalue weighted by Gasteiger charge is -2.14. The molecule has 0 saturated carbocycles. The number of aromatic nitrogens is 1. The second-order valence-electron chi connectivity index (χ2n) is 5.34. The number of fused-ring (bicyclic) bond motifs is 1. The van der Waals surface area contributed by atoms with Crippen LogP contribution in [-0.2, 0) is 6.42 Å². The van der Waals surface area contributed by atoms with Crippen molar-refractivity contribution in [3.05, 3.63) is 66.4 Å². The lowest BCUT2D eigenvalue weighted by Crippen LogP contribution is -2.30. The minimum atomic E-state index is -0.0515. The van der Waals surface area contributed by atoms with Gasteiger partial charge in [-0.15, -0.1) is 0 Å². The number of nitrogens with zero attached hydrogens (tertiary/aromatic N) is 1. The summed E-state index contributed by atoms with van der Waals surface area (Å²) in [6.07, 6.45) is 2.49. The van der Waals surface area contributed by atoms with Gasteiger partial charge < -0.3 is 16.2 Å². The van der Waals surface area contributed by atoms with Crippen molar-refractivity contribution in [2.24, 2.45) is 5.73 Å². The number of nitrogens with two attached hydrogens (primary N) is 2. The molecular formula is C18H19N3O. The molecule has 0 aliphatic heterocycles. The van der Waals surface area contributed by atoms with Gasteiger partial charge >= 0.3 is 0 Å². The van der Waals surface area contributed by atoms with Gasteiger partial charge in [-0.1, -0.05) is 36.4 Å². The van der Waals surface area contributed by atoms with Crippen LogP contribution in [0.1, 0.15) is 5.56 Å². The summed E-state index contributed by atoms with van der Waals surface area (Å²) < 4.78 is 5.79. The maximum absolute atomic E-state index is 6.13. The highest BCUT2D eigenvalue weighted by Crippen LogP contribution is 2.24. The molecule has 0 saturated heterocycles. The zero-order valence-corrected chi connectivity index (χ0v) is 12.3. The maximum atomic E-state index is 6.13. The third-order valence-electron chi connectivity index (χ3n) is 3.57. The van der Waals surface area contributed by atoms with E-state index in [0.29, 0.717) is 12.4 Å². The molecule has 4 N–H and O–H groups in total. The summed E-state index contributed by atoms with van der Waals surface area (Å²) in [4.78, 5) is 4.10. The van der Waals surface area contributed by atoms with Crippen molar-refractivity contribution < 1.29 is 4.74 Å². The number of anilines is 1. The number of ether oxygens (including phenoxy) is 1. The number of nitrogen functional groups attached to an aromatic ring is 1. The third-order valence-corrected chi connectivity index (χ3v) is 3.57. The molecule has 112 valence electrons. The van der Waals surface area contributed by atoms with Gasteiger partial charge in [0.05, 0.1) is 0 Å². The second-order valence-corrected chi connectivity index (χ2v) is 5.34. The number of hydrogen-bond donors (Lipinski definition) is 2. The Balaban J connectivity index is 1.65. The maximum Gasteiger partial charge on any atom is 0.131 e. The van der Waals surface area contributed by atoms with Gasteiger partial charge in [-0.2, -0.15) is 0 Å². The summed E-state index contributed by atoms with van der Waals surface area (Å²) in [5.41, 5.74) is 13.2. The predicted molar refractivity (Wildman–Crippen MR) is 89.8 cm³/mol. The Labute approximate surface area is 129 Å². The number of rotatable bonds is 5. The second kappa shape index (κ2) is 6.45. The summed E-state index contributed by atoms with van der Waals surface area (Å²) in [5.74, 6) is 1.27. The first-order valence-corrected chi connectivity index (χ1v) is 7.29. The van der Waals surface area contributed by atoms with Crippen LogP contribution in [0.3, 0.4) is 0 Å². The quantitative estimate of drug-likeness (QED) is 0.758. The fraction of sp³-hybridized carbons (Fsp3) is 0.167. The van der Waals surface area contributed by atoms with Gasteiger partial charge in [0, 0.05) is 17.6 Å². The highest BCUT2D eigenvalue weighted by Gasteiger charge is 2.06. The van der Waals surface area contributed by atoms with Gasteiger partial charge in [0.15, 0.2) is 0 Å². The smallest absolute Gasteiger partial charge is 0.131 e. The molecule has 0 bridgehead atoms. The molecule has 4 heteroatoms. The summed E-state index contributed by atoms with van der Waals surface area (Å²) in [6.45, 7) is 0.459. The topological polar surface area (TPSA) is 74.2 Å². The van der Waals surface area contributed by atoms with Crippen molar-refractivity contribution >= 4 is 16.6 Å². The van der Waals surface area contributed by atoms with E-state index in [2.05, 4.69) is 17.1 Å². The van der Waals surface area contributed by atoms with Gasteiger partial charge in [0.2, 0.25) is 0 Å². The summed E-state index contributed by atoms with van der Waals surface area (Å²) in [5, 5.41) is 1.95. The minimum Gasteiger partial charge on any atom is -0.492 e. The molecule has 1 aromatic heterocycles. The van der Waals surface area contributed by atoms with Crippen molar-refractivity contribution in [1.29, 1.82) is 0 Å². The van der Waals surface area contributed by atoms with Gasteiger partial charge in [-0.05, 0) is 35.6 Å². The molecule has 3 aromatic rings. The van der Waals surface area contributed by atoms with Crippen LogP contribution in [0.25, 0.3) is 10.8 Å². The first-order valence-electron chi connectivity index (χ1n) is 7.29. The molecule has 0 radical (unpaired) electrons. The summed E-state index contributed by atoms with van der Waals surface area (Å²) >= 11 is 0. The van der Waals surface area contributed by atoms with Crippen LogP contribution in [0, 0.1) is 0 Å². The van der Waals surface area contributed by atoms with Gasteiger partial charge in [0.1, 0.15) is 18.2 Å². The Hall–Kier alpha value is -2.59. The first kappa shape index (κ1) is 14.4. The lowest BCUT2D eigenvalue weighted by molar-refractivity contribution is 0.288. The Kier molecular flexibility index (Phi) is 4.21. The van der Waals surface area contributed by atoms with Crippen molar-refractivity contribution in [2.45, 2.75) is 12.5 Å². The highest BCUT2D eigenvalue weighted by molar-refractivity contribution is 5.91. The van der Waals surface area contributed by atoms with E-state index in [1.807, 2.05) is 42.5 Å². The monoisotopic (exact) mass is 293 g/mol. The molecule has 22 heavy (non-hydrogen) atoms. The molecule has 0 fully saturated rings. The standard InChI is InChI=1S/C18H19N3O/c19-15(10-13-4-2-1-3-5-13)12-22-16-7-6-14-8-9-21-18(20)17(14)11-16/h1-9,11,15H,10,12,19H2,(H2,20,21). The van der Waals surface area contributed by atoms with Crippen molar-refractivity contribution in [1.82, 2.24) is 4.98 Å². The molecule has 4 nitrogen and oxygen atoms in total. The van der Waals surface area contributed by atoms with Crippen molar-refractivity contribution in [3.8, 4) is 5.75 Å². The van der Waals surface area contributed by atoms with Gasteiger partial charge in [-0.25, -0.2) is 4.98 Å². The molecule has 0 aliphatic rings.